The van der Waals surface area contributed by atoms with Crippen molar-refractivity contribution in [3.05, 3.63) is 61.3 Å². The van der Waals surface area contributed by atoms with Crippen molar-refractivity contribution >= 4 is 51.3 Å². The zero-order chi connectivity index (χ0) is 23.0. The van der Waals surface area contributed by atoms with E-state index < -0.39 is 17.2 Å². The van der Waals surface area contributed by atoms with Crippen molar-refractivity contribution in [1.82, 2.24) is 9.47 Å². The number of carbonyl (C=O) groups is 2. The molecular weight excluding hydrogens is 457 g/mol. The summed E-state index contributed by atoms with van der Waals surface area (Å²) >= 11 is 7.16. The first-order chi connectivity index (χ1) is 15.3. The maximum absolute atomic E-state index is 15.0. The molecule has 1 N–H and O–H groups in total. The van der Waals surface area contributed by atoms with Gasteiger partial charge < -0.3 is 14.6 Å². The fourth-order valence-corrected chi connectivity index (χ4v) is 4.92. The zero-order valence-corrected chi connectivity index (χ0v) is 18.9. The Hall–Kier alpha value is -2.75. The van der Waals surface area contributed by atoms with Crippen molar-refractivity contribution in [1.29, 1.82) is 0 Å². The van der Waals surface area contributed by atoms with E-state index in [1.807, 2.05) is 16.7 Å². The average molecular weight is 478 g/mol. The second-order valence-corrected chi connectivity index (χ2v) is 9.29. The van der Waals surface area contributed by atoms with Gasteiger partial charge in [-0.25, -0.2) is 9.18 Å². The number of piperazine rings is 1. The van der Waals surface area contributed by atoms with Gasteiger partial charge >= 0.3 is 5.97 Å². The van der Waals surface area contributed by atoms with Crippen LogP contribution in [0.1, 0.15) is 27.0 Å². The van der Waals surface area contributed by atoms with Gasteiger partial charge in [-0.05, 0) is 31.2 Å². The van der Waals surface area contributed by atoms with Gasteiger partial charge in [0.1, 0.15) is 11.4 Å². The van der Waals surface area contributed by atoms with Crippen LogP contribution >= 0.6 is 22.9 Å². The number of carboxylic acid groups (broad SMARTS) is 1. The van der Waals surface area contributed by atoms with Crippen LogP contribution in [-0.4, -0.2) is 59.0 Å². The minimum absolute atomic E-state index is 0.00781. The van der Waals surface area contributed by atoms with E-state index in [0.717, 1.165) is 6.07 Å². The lowest BCUT2D eigenvalue weighted by atomic mass is 10.1. The Labute approximate surface area is 192 Å². The summed E-state index contributed by atoms with van der Waals surface area (Å²) in [6.07, 6.45) is 1.30. The highest BCUT2D eigenvalue weighted by molar-refractivity contribution is 7.18. The van der Waals surface area contributed by atoms with Gasteiger partial charge in [-0.3, -0.25) is 14.5 Å². The second-order valence-electron chi connectivity index (χ2n) is 7.57. The molecule has 3 heterocycles. The van der Waals surface area contributed by atoms with E-state index in [-0.39, 0.29) is 23.3 Å². The van der Waals surface area contributed by atoms with Crippen molar-refractivity contribution in [2.75, 3.05) is 37.6 Å². The van der Waals surface area contributed by atoms with Gasteiger partial charge in [-0.1, -0.05) is 11.6 Å². The number of pyridine rings is 1. The van der Waals surface area contributed by atoms with E-state index >= 15 is 0 Å². The summed E-state index contributed by atoms with van der Waals surface area (Å²) in [7, 11) is 0. The standard InChI is InChI=1S/C22H21ClFN3O4S/c1-2-26-11-14(22(30)31)21(29)13-9-15(24)17(10-16(13)26)27-7-5-25(6-8-27)12-18(28)19-3-4-20(23)32-19/h3-4,9-11H,2,5-8,12H2,1H3,(H,30,31). The molecule has 10 heteroatoms. The summed E-state index contributed by atoms with van der Waals surface area (Å²) in [6.45, 7) is 4.74. The smallest absolute Gasteiger partial charge is 0.341 e. The third-order valence-electron chi connectivity index (χ3n) is 5.65. The number of fused-ring (bicyclic) bond motifs is 1. The SMILES string of the molecule is CCn1cc(C(=O)O)c(=O)c2cc(F)c(N3CCN(CC(=O)c4ccc(Cl)s4)CC3)cc21. The summed E-state index contributed by atoms with van der Waals surface area (Å²) in [5.41, 5.74) is -0.222. The molecule has 0 spiro atoms. The number of thiophene rings is 1. The maximum atomic E-state index is 15.0. The highest BCUT2D eigenvalue weighted by Crippen LogP contribution is 2.27. The van der Waals surface area contributed by atoms with Gasteiger partial charge in [0.25, 0.3) is 0 Å². The van der Waals surface area contributed by atoms with Gasteiger partial charge in [-0.2, -0.15) is 0 Å². The van der Waals surface area contributed by atoms with Gasteiger partial charge in [0, 0.05) is 44.3 Å². The average Bonchev–Trinajstić information content (AvgIpc) is 3.21. The van der Waals surface area contributed by atoms with Crippen molar-refractivity contribution in [3.63, 3.8) is 0 Å². The van der Waals surface area contributed by atoms with Crippen LogP contribution in [0.5, 0.6) is 0 Å². The highest BCUT2D eigenvalue weighted by Gasteiger charge is 2.24. The van der Waals surface area contributed by atoms with Gasteiger partial charge in [0.05, 0.1) is 27.0 Å². The molecule has 0 unspecified atom stereocenters. The van der Waals surface area contributed by atoms with Gasteiger partial charge in [-0.15, -0.1) is 11.3 Å². The van der Waals surface area contributed by atoms with Crippen LogP contribution in [-0.2, 0) is 6.54 Å². The Morgan fingerprint density at radius 2 is 1.91 bits per heavy atom. The van der Waals surface area contributed by atoms with Crippen molar-refractivity contribution in [2.24, 2.45) is 0 Å². The molecule has 0 saturated carbocycles. The lowest BCUT2D eigenvalue weighted by Crippen LogP contribution is -2.48. The predicted molar refractivity (Wildman–Crippen MR) is 123 cm³/mol. The molecule has 0 bridgehead atoms. The number of hydrogen-bond acceptors (Lipinski definition) is 6. The minimum atomic E-state index is -1.33. The predicted octanol–water partition coefficient (Wildman–Crippen LogP) is 3.58. The fraction of sp³-hybridized carbons (Fsp3) is 0.318. The summed E-state index contributed by atoms with van der Waals surface area (Å²) < 4.78 is 17.2. The monoisotopic (exact) mass is 477 g/mol. The number of benzene rings is 1. The van der Waals surface area contributed by atoms with Crippen LogP contribution in [0.15, 0.2) is 35.3 Å². The molecule has 1 aromatic carbocycles. The van der Waals surface area contributed by atoms with Crippen LogP contribution in [0.2, 0.25) is 4.34 Å². The fourth-order valence-electron chi connectivity index (χ4n) is 3.95. The summed E-state index contributed by atoms with van der Waals surface area (Å²) in [4.78, 5) is 40.8. The third-order valence-corrected chi connectivity index (χ3v) is 6.92. The first-order valence-electron chi connectivity index (χ1n) is 10.1. The molecule has 1 aliphatic rings. The van der Waals surface area contributed by atoms with Crippen LogP contribution < -0.4 is 10.3 Å². The Morgan fingerprint density at radius 1 is 1.19 bits per heavy atom. The number of anilines is 1. The number of carboxylic acids is 1. The molecule has 0 radical (unpaired) electrons. The molecule has 0 amide bonds. The van der Waals surface area contributed by atoms with Crippen LogP contribution in [0.3, 0.4) is 0 Å². The molecule has 7 nitrogen and oxygen atoms in total. The normalized spacial score (nSPS) is 14.8. The second kappa shape index (κ2) is 9.01. The number of Topliss-reactive ketones (excluding diaryl/α,β-unsaturated/α-hetero) is 1. The summed E-state index contributed by atoms with van der Waals surface area (Å²) in [5, 5.41) is 9.33. The molecular formula is C22H21ClFN3O4S. The quantitative estimate of drug-likeness (QED) is 0.546. The molecule has 2 aromatic heterocycles. The highest BCUT2D eigenvalue weighted by atomic mass is 35.5. The first-order valence-corrected chi connectivity index (χ1v) is 11.3. The lowest BCUT2D eigenvalue weighted by Gasteiger charge is -2.36. The Morgan fingerprint density at radius 3 is 2.50 bits per heavy atom. The number of aromatic carboxylic acids is 1. The van der Waals surface area contributed by atoms with E-state index in [1.165, 1.54) is 17.5 Å². The van der Waals surface area contributed by atoms with E-state index in [4.69, 9.17) is 11.6 Å². The first kappa shape index (κ1) is 22.4. The lowest BCUT2D eigenvalue weighted by molar-refractivity contribution is 0.0694. The Bertz CT molecular complexity index is 1260. The molecule has 32 heavy (non-hydrogen) atoms. The summed E-state index contributed by atoms with van der Waals surface area (Å²) in [5.74, 6) is -1.90. The largest absolute Gasteiger partial charge is 0.477 e. The van der Waals surface area contributed by atoms with E-state index in [0.29, 0.717) is 53.1 Å². The molecule has 1 saturated heterocycles. The third kappa shape index (κ3) is 4.28. The number of aryl methyl sites for hydroxylation is 1. The maximum Gasteiger partial charge on any atom is 0.341 e. The summed E-state index contributed by atoms with van der Waals surface area (Å²) in [6, 6.07) is 6.16. The molecule has 0 atom stereocenters. The molecule has 4 rings (SSSR count). The number of rotatable bonds is 6. The van der Waals surface area contributed by atoms with E-state index in [9.17, 15) is 23.9 Å². The Kier molecular flexibility index (Phi) is 6.32. The zero-order valence-electron chi connectivity index (χ0n) is 17.3. The van der Waals surface area contributed by atoms with Crippen molar-refractivity contribution in [3.8, 4) is 0 Å². The molecule has 168 valence electrons. The molecule has 1 aliphatic heterocycles. The van der Waals surface area contributed by atoms with Crippen LogP contribution in [0, 0.1) is 5.82 Å². The van der Waals surface area contributed by atoms with Crippen molar-refractivity contribution in [2.45, 2.75) is 13.5 Å². The van der Waals surface area contributed by atoms with Gasteiger partial charge in [0.2, 0.25) is 5.43 Å². The number of aromatic nitrogens is 1. The number of hydrogen-bond donors (Lipinski definition) is 1. The molecule has 0 aliphatic carbocycles. The van der Waals surface area contributed by atoms with E-state index in [2.05, 4.69) is 0 Å². The van der Waals surface area contributed by atoms with Crippen molar-refractivity contribution < 1.29 is 19.1 Å². The van der Waals surface area contributed by atoms with Crippen LogP contribution in [0.4, 0.5) is 10.1 Å². The molecule has 1 fully saturated rings. The topological polar surface area (TPSA) is 82.8 Å². The minimum Gasteiger partial charge on any atom is -0.477 e. The number of carbonyl (C=O) groups excluding carboxylic acids is 1. The Balaban J connectivity index is 1.55. The number of nitrogens with zero attached hydrogens (tertiary/aromatic N) is 3. The molecule has 3 aromatic rings. The van der Waals surface area contributed by atoms with Gasteiger partial charge in [0.15, 0.2) is 5.78 Å². The number of ketones is 1. The number of halogens is 2. The van der Waals surface area contributed by atoms with Crippen LogP contribution in [0.25, 0.3) is 10.9 Å². The van der Waals surface area contributed by atoms with E-state index in [1.54, 1.807) is 22.8 Å².